The van der Waals surface area contributed by atoms with Crippen molar-refractivity contribution < 1.29 is 14.6 Å². The average Bonchev–Trinajstić information content (AvgIpc) is 2.83. The Morgan fingerprint density at radius 3 is 2.85 bits per heavy atom. The maximum absolute atomic E-state index is 11.7. The first-order valence-corrected chi connectivity index (χ1v) is 6.92. The van der Waals surface area contributed by atoms with E-state index in [-0.39, 0.29) is 24.5 Å². The van der Waals surface area contributed by atoms with Crippen LogP contribution in [0.25, 0.3) is 0 Å². The third-order valence-electron chi connectivity index (χ3n) is 3.71. The van der Waals surface area contributed by atoms with Gasteiger partial charge in [0, 0.05) is 25.6 Å². The summed E-state index contributed by atoms with van der Waals surface area (Å²) in [5.41, 5.74) is 2.34. The summed E-state index contributed by atoms with van der Waals surface area (Å²) in [6, 6.07) is 5.76. The molecule has 0 bridgehead atoms. The molecule has 1 saturated heterocycles. The summed E-state index contributed by atoms with van der Waals surface area (Å²) in [4.78, 5) is 11.7. The van der Waals surface area contributed by atoms with E-state index in [2.05, 4.69) is 10.6 Å². The van der Waals surface area contributed by atoms with Gasteiger partial charge in [-0.1, -0.05) is 6.07 Å². The Morgan fingerprint density at radius 2 is 2.20 bits per heavy atom. The molecule has 1 fully saturated rings. The second kappa shape index (κ2) is 6.72. The number of β-amino-alcohol motifs (C(OH)–C–C–N with tert-alkyl or cyclic N) is 1. The summed E-state index contributed by atoms with van der Waals surface area (Å²) in [5.74, 6) is 0.619. The minimum Gasteiger partial charge on any atom is -0.484 e. The van der Waals surface area contributed by atoms with E-state index in [4.69, 9.17) is 4.74 Å². The van der Waals surface area contributed by atoms with Gasteiger partial charge in [-0.15, -0.1) is 0 Å². The topological polar surface area (TPSA) is 70.6 Å². The van der Waals surface area contributed by atoms with Crippen molar-refractivity contribution in [1.29, 1.82) is 0 Å². The van der Waals surface area contributed by atoms with Crippen LogP contribution in [0.15, 0.2) is 18.2 Å². The highest BCUT2D eigenvalue weighted by Gasteiger charge is 2.24. The molecule has 0 saturated carbocycles. The van der Waals surface area contributed by atoms with Crippen molar-refractivity contribution in [1.82, 2.24) is 10.6 Å². The summed E-state index contributed by atoms with van der Waals surface area (Å²) in [7, 11) is 0. The molecule has 1 aliphatic heterocycles. The van der Waals surface area contributed by atoms with Gasteiger partial charge in [-0.05, 0) is 37.1 Å². The predicted molar refractivity (Wildman–Crippen MR) is 76.8 cm³/mol. The van der Waals surface area contributed by atoms with Gasteiger partial charge in [-0.25, -0.2) is 0 Å². The molecule has 0 aromatic heterocycles. The molecular weight excluding hydrogens is 256 g/mol. The number of amides is 1. The molecule has 1 aromatic carbocycles. The molecule has 5 heteroatoms. The van der Waals surface area contributed by atoms with Crippen molar-refractivity contribution >= 4 is 5.91 Å². The van der Waals surface area contributed by atoms with E-state index < -0.39 is 0 Å². The van der Waals surface area contributed by atoms with Crippen molar-refractivity contribution in [3.63, 3.8) is 0 Å². The van der Waals surface area contributed by atoms with Crippen LogP contribution in [-0.2, 0) is 4.79 Å². The quantitative estimate of drug-likeness (QED) is 0.728. The van der Waals surface area contributed by atoms with Gasteiger partial charge in [0.2, 0.25) is 0 Å². The Bertz CT molecular complexity index is 476. The van der Waals surface area contributed by atoms with E-state index in [1.54, 1.807) is 0 Å². The highest BCUT2D eigenvalue weighted by Crippen LogP contribution is 2.16. The van der Waals surface area contributed by atoms with Crippen molar-refractivity contribution in [2.45, 2.75) is 20.0 Å². The second-order valence-corrected chi connectivity index (χ2v) is 5.32. The smallest absolute Gasteiger partial charge is 0.257 e. The first-order valence-electron chi connectivity index (χ1n) is 6.92. The maximum atomic E-state index is 11.7. The number of hydrogen-bond acceptors (Lipinski definition) is 4. The van der Waals surface area contributed by atoms with Crippen molar-refractivity contribution in [2.75, 3.05) is 26.2 Å². The van der Waals surface area contributed by atoms with Crippen molar-refractivity contribution in [3.05, 3.63) is 29.3 Å². The lowest BCUT2D eigenvalue weighted by Gasteiger charge is -2.14. The molecule has 0 aliphatic carbocycles. The first-order chi connectivity index (χ1) is 9.56. The third-order valence-corrected chi connectivity index (χ3v) is 3.71. The fourth-order valence-corrected chi connectivity index (χ4v) is 2.18. The SMILES string of the molecule is Cc1ccc(OCC(=O)NCC2CNCC2O)cc1C. The fraction of sp³-hybridized carbons (Fsp3) is 0.533. The van der Waals surface area contributed by atoms with E-state index in [1.807, 2.05) is 32.0 Å². The number of carbonyl (C=O) groups excluding carboxylic acids is 1. The summed E-state index contributed by atoms with van der Waals surface area (Å²) >= 11 is 0. The molecule has 1 amide bonds. The second-order valence-electron chi connectivity index (χ2n) is 5.32. The monoisotopic (exact) mass is 278 g/mol. The Balaban J connectivity index is 1.73. The molecule has 2 rings (SSSR count). The number of carbonyl (C=O) groups is 1. The molecule has 20 heavy (non-hydrogen) atoms. The number of aliphatic hydroxyl groups is 1. The van der Waals surface area contributed by atoms with Crippen LogP contribution in [0, 0.1) is 19.8 Å². The lowest BCUT2D eigenvalue weighted by molar-refractivity contribution is -0.123. The fourth-order valence-electron chi connectivity index (χ4n) is 2.18. The van der Waals surface area contributed by atoms with Crippen LogP contribution in [-0.4, -0.2) is 43.4 Å². The van der Waals surface area contributed by atoms with E-state index in [1.165, 1.54) is 5.56 Å². The summed E-state index contributed by atoms with van der Waals surface area (Å²) in [5, 5.41) is 15.5. The molecule has 2 atom stereocenters. The van der Waals surface area contributed by atoms with Gasteiger partial charge < -0.3 is 20.5 Å². The van der Waals surface area contributed by atoms with Crippen molar-refractivity contribution in [2.24, 2.45) is 5.92 Å². The van der Waals surface area contributed by atoms with E-state index in [0.29, 0.717) is 18.8 Å². The van der Waals surface area contributed by atoms with E-state index in [0.717, 1.165) is 12.1 Å². The minimum absolute atomic E-state index is 0.00125. The van der Waals surface area contributed by atoms with Crippen LogP contribution in [0.5, 0.6) is 5.75 Å². The third kappa shape index (κ3) is 3.95. The lowest BCUT2D eigenvalue weighted by atomic mass is 10.1. The number of ether oxygens (including phenoxy) is 1. The lowest BCUT2D eigenvalue weighted by Crippen LogP contribution is -2.36. The molecule has 1 aromatic rings. The zero-order valence-electron chi connectivity index (χ0n) is 12.0. The molecule has 5 nitrogen and oxygen atoms in total. The van der Waals surface area contributed by atoms with Crippen LogP contribution in [0.3, 0.4) is 0 Å². The zero-order valence-corrected chi connectivity index (χ0v) is 12.0. The number of benzene rings is 1. The van der Waals surface area contributed by atoms with Crippen LogP contribution in [0.1, 0.15) is 11.1 Å². The number of hydrogen-bond donors (Lipinski definition) is 3. The summed E-state index contributed by atoms with van der Waals surface area (Å²) < 4.78 is 5.46. The predicted octanol–water partition coefficient (Wildman–Crippen LogP) is 0.379. The molecule has 1 aliphatic rings. The van der Waals surface area contributed by atoms with Crippen LogP contribution in [0.4, 0.5) is 0 Å². The molecule has 0 radical (unpaired) electrons. The van der Waals surface area contributed by atoms with Crippen LogP contribution >= 0.6 is 0 Å². The van der Waals surface area contributed by atoms with E-state index in [9.17, 15) is 9.90 Å². The van der Waals surface area contributed by atoms with Crippen LogP contribution < -0.4 is 15.4 Å². The average molecular weight is 278 g/mol. The summed E-state index contributed by atoms with van der Waals surface area (Å²) in [6.07, 6.45) is -0.379. The van der Waals surface area contributed by atoms with Gasteiger partial charge in [0.15, 0.2) is 6.61 Å². The number of nitrogens with one attached hydrogen (secondary N) is 2. The number of aryl methyl sites for hydroxylation is 2. The molecule has 3 N–H and O–H groups in total. The molecule has 0 spiro atoms. The highest BCUT2D eigenvalue weighted by molar-refractivity contribution is 5.77. The van der Waals surface area contributed by atoms with Gasteiger partial charge in [-0.3, -0.25) is 4.79 Å². The largest absolute Gasteiger partial charge is 0.484 e. The Hall–Kier alpha value is -1.59. The van der Waals surface area contributed by atoms with Crippen LogP contribution in [0.2, 0.25) is 0 Å². The van der Waals surface area contributed by atoms with Crippen molar-refractivity contribution in [3.8, 4) is 5.75 Å². The first kappa shape index (κ1) is 14.8. The van der Waals surface area contributed by atoms with Gasteiger partial charge in [0.25, 0.3) is 5.91 Å². The Morgan fingerprint density at radius 1 is 1.40 bits per heavy atom. The molecule has 110 valence electrons. The molecular formula is C15H22N2O3. The van der Waals surface area contributed by atoms with Gasteiger partial charge in [-0.2, -0.15) is 0 Å². The normalized spacial score (nSPS) is 21.8. The van der Waals surface area contributed by atoms with Gasteiger partial charge in [0.05, 0.1) is 6.10 Å². The molecule has 2 unspecified atom stereocenters. The van der Waals surface area contributed by atoms with Gasteiger partial charge >= 0.3 is 0 Å². The standard InChI is InChI=1S/C15H22N2O3/c1-10-3-4-13(5-11(10)2)20-9-15(19)17-7-12-6-16-8-14(12)18/h3-5,12,14,16,18H,6-9H2,1-2H3,(H,17,19). The maximum Gasteiger partial charge on any atom is 0.257 e. The van der Waals surface area contributed by atoms with Gasteiger partial charge in [0.1, 0.15) is 5.75 Å². The van der Waals surface area contributed by atoms with E-state index >= 15 is 0 Å². The Labute approximate surface area is 119 Å². The zero-order chi connectivity index (χ0) is 14.5. The molecule has 1 heterocycles. The number of aliphatic hydroxyl groups excluding tert-OH is 1. The number of rotatable bonds is 5. The highest BCUT2D eigenvalue weighted by atomic mass is 16.5. The Kier molecular flexibility index (Phi) is 4.98. The minimum atomic E-state index is -0.379. The summed E-state index contributed by atoms with van der Waals surface area (Å²) in [6.45, 7) is 5.85.